The average Bonchev–Trinajstić information content (AvgIpc) is 2.98. The predicted octanol–water partition coefficient (Wildman–Crippen LogP) is 6.58. The fourth-order valence-electron chi connectivity index (χ4n) is 5.84. The van der Waals surface area contributed by atoms with E-state index in [4.69, 9.17) is 22.1 Å². The molecular formula is C33H41ClN2O3. The van der Waals surface area contributed by atoms with E-state index in [1.165, 1.54) is 5.56 Å². The molecule has 2 atom stereocenters. The number of likely N-dealkylation sites (tertiary alicyclic amines) is 1. The van der Waals surface area contributed by atoms with E-state index < -0.39 is 5.60 Å². The Morgan fingerprint density at radius 1 is 1.10 bits per heavy atom. The minimum atomic E-state index is -1.15. The first-order chi connectivity index (χ1) is 18.9. The molecule has 1 saturated heterocycles. The van der Waals surface area contributed by atoms with Crippen molar-refractivity contribution in [2.75, 3.05) is 26.8 Å². The van der Waals surface area contributed by atoms with Crippen LogP contribution in [-0.2, 0) is 23.3 Å². The number of amides is 1. The number of piperidine rings is 1. The normalized spacial score (nSPS) is 17.2. The van der Waals surface area contributed by atoms with Gasteiger partial charge in [0.2, 0.25) is 0 Å². The third-order valence-electron chi connectivity index (χ3n) is 8.08. The zero-order valence-electron chi connectivity index (χ0n) is 23.2. The number of methoxy groups -OCH3 is 1. The van der Waals surface area contributed by atoms with Gasteiger partial charge in [0.05, 0.1) is 5.60 Å². The van der Waals surface area contributed by atoms with Gasteiger partial charge in [0.1, 0.15) is 0 Å². The molecule has 1 aliphatic rings. The third-order valence-corrected chi connectivity index (χ3v) is 8.40. The van der Waals surface area contributed by atoms with Crippen LogP contribution < -0.4 is 5.73 Å². The lowest BCUT2D eigenvalue weighted by Gasteiger charge is -2.44. The third kappa shape index (κ3) is 6.72. The molecule has 6 heteroatoms. The zero-order valence-corrected chi connectivity index (χ0v) is 23.9. The van der Waals surface area contributed by atoms with Crippen LogP contribution in [0.5, 0.6) is 0 Å². The Balaban J connectivity index is 1.71. The summed E-state index contributed by atoms with van der Waals surface area (Å²) in [6.45, 7) is 4.38. The lowest BCUT2D eigenvalue weighted by molar-refractivity contribution is -0.0574. The predicted molar refractivity (Wildman–Crippen MR) is 159 cm³/mol. The van der Waals surface area contributed by atoms with Crippen molar-refractivity contribution in [3.63, 3.8) is 0 Å². The molecule has 1 fully saturated rings. The van der Waals surface area contributed by atoms with Crippen LogP contribution in [0.2, 0.25) is 5.02 Å². The maximum absolute atomic E-state index is 13.5. The van der Waals surface area contributed by atoms with Crippen LogP contribution in [-0.4, -0.2) is 42.7 Å². The van der Waals surface area contributed by atoms with Crippen molar-refractivity contribution in [2.24, 2.45) is 11.7 Å². The van der Waals surface area contributed by atoms with E-state index in [0.717, 1.165) is 54.4 Å². The molecule has 0 aromatic heterocycles. The number of hydrogen-bond acceptors (Lipinski definition) is 4. The van der Waals surface area contributed by atoms with Crippen molar-refractivity contribution in [3.05, 3.63) is 94.0 Å². The van der Waals surface area contributed by atoms with Gasteiger partial charge in [-0.05, 0) is 79.0 Å². The molecule has 5 nitrogen and oxygen atoms in total. The molecule has 1 aliphatic heterocycles. The first kappa shape index (κ1) is 29.3. The topological polar surface area (TPSA) is 75.8 Å². The summed E-state index contributed by atoms with van der Waals surface area (Å²) in [4.78, 5) is 15.4. The molecular weight excluding hydrogens is 508 g/mol. The number of halogens is 1. The van der Waals surface area contributed by atoms with Crippen LogP contribution >= 0.6 is 11.6 Å². The molecule has 3 N–H and O–H groups in total. The second kappa shape index (κ2) is 13.6. The van der Waals surface area contributed by atoms with E-state index in [0.29, 0.717) is 43.2 Å². The highest BCUT2D eigenvalue weighted by Gasteiger charge is 2.43. The summed E-state index contributed by atoms with van der Waals surface area (Å²) in [7, 11) is 1.70. The summed E-state index contributed by atoms with van der Waals surface area (Å²) in [6, 6.07) is 21.7. The molecule has 0 radical (unpaired) electrons. The quantitative estimate of drug-likeness (QED) is 0.265. The van der Waals surface area contributed by atoms with Gasteiger partial charge in [-0.1, -0.05) is 67.1 Å². The second-order valence-corrected chi connectivity index (χ2v) is 11.0. The molecule has 1 unspecified atom stereocenters. The first-order valence-electron chi connectivity index (χ1n) is 14.1. The molecule has 0 spiro atoms. The van der Waals surface area contributed by atoms with Crippen molar-refractivity contribution < 1.29 is 14.6 Å². The lowest BCUT2D eigenvalue weighted by atomic mass is 9.72. The van der Waals surface area contributed by atoms with E-state index in [2.05, 4.69) is 31.2 Å². The number of aryl methyl sites for hydroxylation is 1. The van der Waals surface area contributed by atoms with Gasteiger partial charge in [0.25, 0.3) is 5.91 Å². The molecule has 3 aromatic rings. The highest BCUT2D eigenvalue weighted by Crippen LogP contribution is 2.46. The Labute approximate surface area is 237 Å². The molecule has 1 amide bonds. The number of unbranched alkanes of at least 4 members (excludes halogenated alkanes) is 1. The highest BCUT2D eigenvalue weighted by atomic mass is 35.5. The number of carbonyl (C=O) groups excluding carboxylic acids is 1. The fraction of sp³-hybridized carbons (Fsp3) is 0.424. The number of hydrogen-bond donors (Lipinski definition) is 2. The van der Waals surface area contributed by atoms with Gasteiger partial charge in [-0.3, -0.25) is 4.79 Å². The van der Waals surface area contributed by atoms with Crippen molar-refractivity contribution in [3.8, 4) is 11.1 Å². The summed E-state index contributed by atoms with van der Waals surface area (Å²) in [5, 5.41) is 13.3. The van der Waals surface area contributed by atoms with Gasteiger partial charge in [0, 0.05) is 55.4 Å². The number of benzene rings is 3. The maximum Gasteiger partial charge on any atom is 0.253 e. The Bertz CT molecular complexity index is 1250. The molecule has 1 heterocycles. The van der Waals surface area contributed by atoms with E-state index in [9.17, 15) is 9.90 Å². The van der Waals surface area contributed by atoms with E-state index in [1.807, 2.05) is 47.4 Å². The number of nitrogens with two attached hydrogens (primary N) is 1. The monoisotopic (exact) mass is 548 g/mol. The Hall–Kier alpha value is -2.70. The SMILES string of the molecule is CCc1cccc(-c2c(Cl)cccc2[C@](O)(CCCCOC)C2CCCN(C(=O)c3ccc(CN)cc3)C2)c1. The van der Waals surface area contributed by atoms with E-state index in [1.54, 1.807) is 7.11 Å². The molecule has 0 bridgehead atoms. The minimum absolute atomic E-state index is 0.00744. The van der Waals surface area contributed by atoms with Gasteiger partial charge in [-0.2, -0.15) is 0 Å². The van der Waals surface area contributed by atoms with E-state index >= 15 is 0 Å². The Morgan fingerprint density at radius 2 is 1.87 bits per heavy atom. The minimum Gasteiger partial charge on any atom is -0.385 e. The standard InChI is InChI=1S/C33H41ClN2O3/c1-3-24-9-6-10-27(21-24)31-29(12-7-13-30(31)34)33(38,18-4-5-20-39-2)28-11-8-19-36(23-28)32(37)26-16-14-25(22-35)15-17-26/h6-7,9-10,12-17,21,28,38H,3-5,8,11,18-20,22-23,35H2,1-2H3/t28?,33-/m0/s1. The summed E-state index contributed by atoms with van der Waals surface area (Å²) in [5.41, 5.74) is 10.2. The smallest absolute Gasteiger partial charge is 0.253 e. The zero-order chi connectivity index (χ0) is 27.8. The lowest BCUT2D eigenvalue weighted by Crippen LogP contribution is -2.48. The van der Waals surface area contributed by atoms with Gasteiger partial charge < -0.3 is 20.5 Å². The number of aliphatic hydroxyl groups is 1. The largest absolute Gasteiger partial charge is 0.385 e. The second-order valence-electron chi connectivity index (χ2n) is 10.6. The fourth-order valence-corrected chi connectivity index (χ4v) is 6.13. The maximum atomic E-state index is 13.5. The van der Waals surface area contributed by atoms with Gasteiger partial charge in [0.15, 0.2) is 0 Å². The molecule has 39 heavy (non-hydrogen) atoms. The van der Waals surface area contributed by atoms with Gasteiger partial charge >= 0.3 is 0 Å². The van der Waals surface area contributed by atoms with Crippen LogP contribution in [0, 0.1) is 5.92 Å². The Kier molecular flexibility index (Phi) is 10.2. The first-order valence-corrected chi connectivity index (χ1v) is 14.5. The van der Waals surface area contributed by atoms with Crippen LogP contribution in [0.25, 0.3) is 11.1 Å². The molecule has 3 aromatic carbocycles. The van der Waals surface area contributed by atoms with Crippen LogP contribution in [0.4, 0.5) is 0 Å². The van der Waals surface area contributed by atoms with E-state index in [-0.39, 0.29) is 11.8 Å². The Morgan fingerprint density at radius 3 is 2.59 bits per heavy atom. The number of rotatable bonds is 11. The number of nitrogens with zero attached hydrogens (tertiary/aromatic N) is 1. The molecule has 4 rings (SSSR count). The van der Waals surface area contributed by atoms with Crippen molar-refractivity contribution >= 4 is 17.5 Å². The summed E-state index contributed by atoms with van der Waals surface area (Å²) in [6.07, 6.45) is 4.80. The number of carbonyl (C=O) groups is 1. The number of ether oxygens (including phenoxy) is 1. The summed E-state index contributed by atoms with van der Waals surface area (Å²) >= 11 is 6.87. The van der Waals surface area contributed by atoms with Crippen molar-refractivity contribution in [1.29, 1.82) is 0 Å². The summed E-state index contributed by atoms with van der Waals surface area (Å²) < 4.78 is 5.30. The van der Waals surface area contributed by atoms with Crippen LogP contribution in [0.3, 0.4) is 0 Å². The highest BCUT2D eigenvalue weighted by molar-refractivity contribution is 6.33. The molecule has 0 aliphatic carbocycles. The average molecular weight is 549 g/mol. The van der Waals surface area contributed by atoms with Gasteiger partial charge in [-0.25, -0.2) is 0 Å². The van der Waals surface area contributed by atoms with Crippen LogP contribution in [0.1, 0.15) is 66.1 Å². The van der Waals surface area contributed by atoms with Gasteiger partial charge in [-0.15, -0.1) is 0 Å². The van der Waals surface area contributed by atoms with Crippen molar-refractivity contribution in [1.82, 2.24) is 4.90 Å². The van der Waals surface area contributed by atoms with Crippen molar-refractivity contribution in [2.45, 2.75) is 57.6 Å². The summed E-state index contributed by atoms with van der Waals surface area (Å²) in [5.74, 6) is -0.139. The molecule has 208 valence electrons. The van der Waals surface area contributed by atoms with Crippen LogP contribution in [0.15, 0.2) is 66.7 Å². The molecule has 0 saturated carbocycles.